The van der Waals surface area contributed by atoms with Gasteiger partial charge in [0.25, 0.3) is 5.69 Å². The van der Waals surface area contributed by atoms with E-state index in [-0.39, 0.29) is 10.6 Å². The minimum absolute atomic E-state index is 0.112. The Morgan fingerprint density at radius 2 is 2.14 bits per heavy atom. The molecule has 6 heteroatoms. The summed E-state index contributed by atoms with van der Waals surface area (Å²) in [5.41, 5.74) is 1.57. The van der Waals surface area contributed by atoms with Crippen LogP contribution in [0.15, 0.2) is 41.0 Å². The lowest BCUT2D eigenvalue weighted by molar-refractivity contribution is -0.384. The van der Waals surface area contributed by atoms with E-state index < -0.39 is 0 Å². The smallest absolute Gasteiger partial charge is 0.292 e. The Bertz CT molecular complexity index is 596. The Labute approximate surface area is 123 Å². The van der Waals surface area contributed by atoms with Crippen molar-refractivity contribution >= 4 is 11.4 Å². The molecule has 6 nitrogen and oxygen atoms in total. The molecular weight excluding hydrogens is 270 g/mol. The molecule has 0 aliphatic carbocycles. The van der Waals surface area contributed by atoms with Gasteiger partial charge < -0.3 is 9.73 Å². The van der Waals surface area contributed by atoms with Crippen LogP contribution in [0, 0.1) is 10.1 Å². The molecule has 0 saturated heterocycles. The maximum absolute atomic E-state index is 11.1. The van der Waals surface area contributed by atoms with Gasteiger partial charge in [-0.25, -0.2) is 0 Å². The van der Waals surface area contributed by atoms with Gasteiger partial charge >= 0.3 is 0 Å². The molecular formula is C15H19N3O3. The fourth-order valence-electron chi connectivity index (χ4n) is 2.20. The van der Waals surface area contributed by atoms with Gasteiger partial charge in [0.15, 0.2) is 0 Å². The highest BCUT2D eigenvalue weighted by atomic mass is 16.6. The number of hydrogen-bond donors (Lipinski definition) is 1. The van der Waals surface area contributed by atoms with Crippen LogP contribution in [-0.4, -0.2) is 23.4 Å². The second kappa shape index (κ2) is 6.90. The molecule has 0 spiro atoms. The first-order valence-corrected chi connectivity index (χ1v) is 6.82. The minimum Gasteiger partial charge on any atom is -0.468 e. The van der Waals surface area contributed by atoms with E-state index in [1.807, 2.05) is 37.1 Å². The van der Waals surface area contributed by atoms with Gasteiger partial charge in [-0.15, -0.1) is 0 Å². The summed E-state index contributed by atoms with van der Waals surface area (Å²) < 4.78 is 5.29. The molecule has 1 aromatic carbocycles. The van der Waals surface area contributed by atoms with E-state index >= 15 is 0 Å². The Morgan fingerprint density at radius 1 is 1.33 bits per heavy atom. The molecule has 2 aromatic rings. The van der Waals surface area contributed by atoms with Crippen molar-refractivity contribution in [2.24, 2.45) is 0 Å². The van der Waals surface area contributed by atoms with Crippen LogP contribution in [0.2, 0.25) is 0 Å². The maximum atomic E-state index is 11.1. The van der Waals surface area contributed by atoms with E-state index in [1.165, 1.54) is 0 Å². The summed E-state index contributed by atoms with van der Waals surface area (Å²) in [5, 5.41) is 14.1. The van der Waals surface area contributed by atoms with E-state index in [2.05, 4.69) is 5.32 Å². The highest BCUT2D eigenvalue weighted by Crippen LogP contribution is 2.26. The van der Waals surface area contributed by atoms with E-state index in [0.29, 0.717) is 25.3 Å². The average molecular weight is 289 g/mol. The SMILES string of the molecule is CCNc1ccc(CN(C)Cc2ccco2)cc1[N+](=O)[O-]. The predicted molar refractivity (Wildman–Crippen MR) is 81.1 cm³/mol. The van der Waals surface area contributed by atoms with Crippen molar-refractivity contribution in [2.75, 3.05) is 18.9 Å². The van der Waals surface area contributed by atoms with Gasteiger partial charge in [0.2, 0.25) is 0 Å². The number of nitro benzene ring substituents is 1. The second-order valence-electron chi connectivity index (χ2n) is 4.89. The molecule has 2 rings (SSSR count). The van der Waals surface area contributed by atoms with Crippen LogP contribution in [0.1, 0.15) is 18.2 Å². The first-order valence-electron chi connectivity index (χ1n) is 6.82. The lowest BCUT2D eigenvalue weighted by Gasteiger charge is -2.15. The molecule has 1 N–H and O–H groups in total. The van der Waals surface area contributed by atoms with Crippen molar-refractivity contribution in [3.05, 3.63) is 58.0 Å². The number of furan rings is 1. The summed E-state index contributed by atoms with van der Waals surface area (Å²) in [5.74, 6) is 0.872. The van der Waals surface area contributed by atoms with Gasteiger partial charge in [-0.05, 0) is 37.7 Å². The summed E-state index contributed by atoms with van der Waals surface area (Å²) in [6, 6.07) is 9.05. The monoisotopic (exact) mass is 289 g/mol. The first kappa shape index (κ1) is 15.1. The van der Waals surface area contributed by atoms with Crippen LogP contribution in [0.3, 0.4) is 0 Å². The summed E-state index contributed by atoms with van der Waals surface area (Å²) >= 11 is 0. The number of nitrogens with zero attached hydrogens (tertiary/aromatic N) is 2. The number of benzene rings is 1. The van der Waals surface area contributed by atoms with Crippen molar-refractivity contribution in [3.63, 3.8) is 0 Å². The van der Waals surface area contributed by atoms with Gasteiger partial charge in [-0.1, -0.05) is 6.07 Å². The zero-order chi connectivity index (χ0) is 15.2. The molecule has 0 unspecified atom stereocenters. The van der Waals surface area contributed by atoms with Crippen molar-refractivity contribution in [1.29, 1.82) is 0 Å². The largest absolute Gasteiger partial charge is 0.468 e. The standard InChI is InChI=1S/C15H19N3O3/c1-3-16-14-7-6-12(9-15(14)18(19)20)10-17(2)11-13-5-4-8-21-13/h4-9,16H,3,10-11H2,1-2H3. The average Bonchev–Trinajstić information content (AvgIpc) is 2.93. The van der Waals surface area contributed by atoms with Crippen LogP contribution in [0.25, 0.3) is 0 Å². The minimum atomic E-state index is -0.353. The molecule has 0 amide bonds. The molecule has 1 heterocycles. The number of nitrogens with one attached hydrogen (secondary N) is 1. The van der Waals surface area contributed by atoms with Crippen molar-refractivity contribution in [3.8, 4) is 0 Å². The normalized spacial score (nSPS) is 10.8. The Kier molecular flexibility index (Phi) is 4.94. The molecule has 0 aliphatic rings. The van der Waals surface area contributed by atoms with Crippen molar-refractivity contribution < 1.29 is 9.34 Å². The third-order valence-corrected chi connectivity index (χ3v) is 3.08. The molecule has 0 bridgehead atoms. The highest BCUT2D eigenvalue weighted by Gasteiger charge is 2.14. The van der Waals surface area contributed by atoms with Crippen molar-refractivity contribution in [2.45, 2.75) is 20.0 Å². The van der Waals surface area contributed by atoms with E-state index in [9.17, 15) is 10.1 Å². The van der Waals surface area contributed by atoms with Crippen molar-refractivity contribution in [1.82, 2.24) is 4.90 Å². The summed E-state index contributed by atoms with van der Waals surface area (Å²) in [6.45, 7) is 3.84. The first-order chi connectivity index (χ1) is 10.1. The molecule has 0 radical (unpaired) electrons. The van der Waals surface area contributed by atoms with Gasteiger partial charge in [0.05, 0.1) is 17.7 Å². The van der Waals surface area contributed by atoms with Gasteiger partial charge in [0, 0.05) is 19.2 Å². The summed E-state index contributed by atoms with van der Waals surface area (Å²) in [7, 11) is 1.95. The number of anilines is 1. The number of nitro groups is 1. The van der Waals surface area contributed by atoms with Gasteiger partial charge in [0.1, 0.15) is 11.4 Å². The lowest BCUT2D eigenvalue weighted by atomic mass is 10.1. The fraction of sp³-hybridized carbons (Fsp3) is 0.333. The Balaban J connectivity index is 2.09. The summed E-state index contributed by atoms with van der Waals surface area (Å²) in [4.78, 5) is 12.8. The number of rotatable bonds is 7. The molecule has 0 atom stereocenters. The van der Waals surface area contributed by atoms with Crippen LogP contribution in [-0.2, 0) is 13.1 Å². The Hall–Kier alpha value is -2.34. The van der Waals surface area contributed by atoms with Crippen LogP contribution >= 0.6 is 0 Å². The predicted octanol–water partition coefficient (Wildman–Crippen LogP) is 3.25. The van der Waals surface area contributed by atoms with Crippen LogP contribution in [0.5, 0.6) is 0 Å². The van der Waals surface area contributed by atoms with E-state index in [4.69, 9.17) is 4.42 Å². The summed E-state index contributed by atoms with van der Waals surface area (Å²) in [6.07, 6.45) is 1.64. The quantitative estimate of drug-likeness (QED) is 0.625. The third kappa shape index (κ3) is 4.06. The Morgan fingerprint density at radius 3 is 2.76 bits per heavy atom. The fourth-order valence-corrected chi connectivity index (χ4v) is 2.20. The van der Waals surface area contributed by atoms with Crippen LogP contribution < -0.4 is 5.32 Å². The molecule has 0 saturated carbocycles. The van der Waals surface area contributed by atoms with E-state index in [0.717, 1.165) is 11.3 Å². The van der Waals surface area contributed by atoms with E-state index in [1.54, 1.807) is 18.4 Å². The molecule has 21 heavy (non-hydrogen) atoms. The van der Waals surface area contributed by atoms with Gasteiger partial charge in [-0.3, -0.25) is 15.0 Å². The topological polar surface area (TPSA) is 71.5 Å². The zero-order valence-electron chi connectivity index (χ0n) is 12.2. The second-order valence-corrected chi connectivity index (χ2v) is 4.89. The number of hydrogen-bond acceptors (Lipinski definition) is 5. The highest BCUT2D eigenvalue weighted by molar-refractivity contribution is 5.62. The maximum Gasteiger partial charge on any atom is 0.292 e. The zero-order valence-corrected chi connectivity index (χ0v) is 12.2. The molecule has 112 valence electrons. The lowest BCUT2D eigenvalue weighted by Crippen LogP contribution is -2.17. The molecule has 1 aromatic heterocycles. The molecule has 0 aliphatic heterocycles. The third-order valence-electron chi connectivity index (χ3n) is 3.08. The molecule has 0 fully saturated rings. The van der Waals surface area contributed by atoms with Crippen LogP contribution in [0.4, 0.5) is 11.4 Å². The van der Waals surface area contributed by atoms with Gasteiger partial charge in [-0.2, -0.15) is 0 Å².